The standard InChI is InChI=1S/C22H20N2O6S/c1-13(25)23-17-20(27)24-18(16(26)12-31(29)21(17)24)22(28)30-19(14-8-4-2-5-9-14)15-10-6-3-7-11-15/h2-11,17,19,21,26H,12H2,1H3,(H,23,25)/t17?,21-,31?/m0/s1. The van der Waals surface area contributed by atoms with Gasteiger partial charge in [0.2, 0.25) is 5.91 Å². The maximum Gasteiger partial charge on any atom is 0.359 e. The summed E-state index contributed by atoms with van der Waals surface area (Å²) in [5.74, 6) is -2.77. The molecular weight excluding hydrogens is 420 g/mol. The molecule has 2 aliphatic rings. The molecule has 3 atom stereocenters. The number of aliphatic hydroxyl groups excluding tert-OH is 1. The average Bonchev–Trinajstić information content (AvgIpc) is 2.76. The summed E-state index contributed by atoms with van der Waals surface area (Å²) < 4.78 is 18.2. The molecule has 0 bridgehead atoms. The Hall–Kier alpha value is -3.46. The summed E-state index contributed by atoms with van der Waals surface area (Å²) in [7, 11) is -1.67. The van der Waals surface area contributed by atoms with Gasteiger partial charge in [0, 0.05) is 6.92 Å². The van der Waals surface area contributed by atoms with Gasteiger partial charge in [0.25, 0.3) is 5.91 Å². The Balaban J connectivity index is 1.65. The van der Waals surface area contributed by atoms with Crippen LogP contribution in [-0.4, -0.2) is 49.2 Å². The lowest BCUT2D eigenvalue weighted by Crippen LogP contribution is -2.73. The van der Waals surface area contributed by atoms with Crippen LogP contribution in [-0.2, 0) is 29.9 Å². The lowest BCUT2D eigenvalue weighted by Gasteiger charge is -2.48. The van der Waals surface area contributed by atoms with E-state index in [1.54, 1.807) is 24.3 Å². The Bertz CT molecular complexity index is 1050. The molecule has 2 aromatic rings. The first kappa shape index (κ1) is 20.8. The van der Waals surface area contributed by atoms with Gasteiger partial charge in [-0.25, -0.2) is 4.79 Å². The summed E-state index contributed by atoms with van der Waals surface area (Å²) in [4.78, 5) is 38.0. The van der Waals surface area contributed by atoms with E-state index in [-0.39, 0.29) is 11.4 Å². The topological polar surface area (TPSA) is 113 Å². The van der Waals surface area contributed by atoms with Crippen molar-refractivity contribution >= 4 is 28.6 Å². The lowest BCUT2D eigenvalue weighted by atomic mass is 10.0. The van der Waals surface area contributed by atoms with Crippen molar-refractivity contribution in [3.8, 4) is 0 Å². The number of amides is 2. The van der Waals surface area contributed by atoms with E-state index in [4.69, 9.17) is 4.74 Å². The molecule has 31 heavy (non-hydrogen) atoms. The van der Waals surface area contributed by atoms with Crippen LogP contribution < -0.4 is 5.32 Å². The molecule has 2 aromatic carbocycles. The van der Waals surface area contributed by atoms with Gasteiger partial charge >= 0.3 is 5.97 Å². The van der Waals surface area contributed by atoms with Crippen molar-refractivity contribution in [2.75, 3.05) is 5.75 Å². The molecule has 160 valence electrons. The van der Waals surface area contributed by atoms with Gasteiger partial charge in [0.1, 0.15) is 17.2 Å². The molecule has 2 unspecified atom stereocenters. The molecule has 2 aliphatic heterocycles. The number of hydrogen-bond donors (Lipinski definition) is 2. The van der Waals surface area contributed by atoms with Gasteiger partial charge in [-0.2, -0.15) is 0 Å². The fourth-order valence-corrected chi connectivity index (χ4v) is 5.22. The number of rotatable bonds is 5. The minimum atomic E-state index is -1.67. The Kier molecular flexibility index (Phi) is 5.60. The van der Waals surface area contributed by atoms with Crippen LogP contribution in [0.5, 0.6) is 0 Å². The number of hydrogen-bond acceptors (Lipinski definition) is 6. The third kappa shape index (κ3) is 3.84. The Labute approximate surface area is 181 Å². The molecule has 0 aliphatic carbocycles. The van der Waals surface area contributed by atoms with Crippen LogP contribution in [0.2, 0.25) is 0 Å². The van der Waals surface area contributed by atoms with Crippen molar-refractivity contribution in [1.29, 1.82) is 0 Å². The molecule has 9 heteroatoms. The van der Waals surface area contributed by atoms with E-state index in [2.05, 4.69) is 5.32 Å². The number of fused-ring (bicyclic) bond motifs is 1. The van der Waals surface area contributed by atoms with E-state index in [1.165, 1.54) is 6.92 Å². The maximum absolute atomic E-state index is 13.1. The summed E-state index contributed by atoms with van der Waals surface area (Å²) in [5.41, 5.74) is 1.08. The first-order valence-electron chi connectivity index (χ1n) is 9.59. The van der Waals surface area contributed by atoms with Crippen molar-refractivity contribution < 1.29 is 28.4 Å². The van der Waals surface area contributed by atoms with E-state index in [0.29, 0.717) is 11.1 Å². The summed E-state index contributed by atoms with van der Waals surface area (Å²) in [6.07, 6.45) is -0.774. The predicted octanol–water partition coefficient (Wildman–Crippen LogP) is 1.52. The zero-order chi connectivity index (χ0) is 22.1. The Morgan fingerprint density at radius 1 is 1.10 bits per heavy atom. The van der Waals surface area contributed by atoms with Gasteiger partial charge in [-0.1, -0.05) is 60.7 Å². The number of aliphatic hydroxyl groups is 1. The van der Waals surface area contributed by atoms with E-state index >= 15 is 0 Å². The van der Waals surface area contributed by atoms with Crippen LogP contribution in [0.25, 0.3) is 0 Å². The third-order valence-electron chi connectivity index (χ3n) is 5.09. The van der Waals surface area contributed by atoms with Gasteiger partial charge < -0.3 is 15.2 Å². The molecule has 0 aromatic heterocycles. The summed E-state index contributed by atoms with van der Waals surface area (Å²) in [6.45, 7) is 1.24. The lowest BCUT2D eigenvalue weighted by molar-refractivity contribution is -0.155. The highest BCUT2D eigenvalue weighted by Gasteiger charge is 2.57. The third-order valence-corrected chi connectivity index (χ3v) is 6.67. The first-order chi connectivity index (χ1) is 14.9. The molecule has 0 radical (unpaired) electrons. The number of benzene rings is 2. The van der Waals surface area contributed by atoms with E-state index in [1.807, 2.05) is 36.4 Å². The minimum Gasteiger partial charge on any atom is -0.509 e. The zero-order valence-corrected chi connectivity index (χ0v) is 17.4. The van der Waals surface area contributed by atoms with E-state index in [9.17, 15) is 23.7 Å². The fourth-order valence-electron chi connectivity index (χ4n) is 3.71. The van der Waals surface area contributed by atoms with E-state index in [0.717, 1.165) is 4.90 Å². The monoisotopic (exact) mass is 440 g/mol. The van der Waals surface area contributed by atoms with Crippen molar-refractivity contribution in [3.05, 3.63) is 83.2 Å². The van der Waals surface area contributed by atoms with Gasteiger partial charge in [-0.3, -0.25) is 18.7 Å². The highest BCUT2D eigenvalue weighted by Crippen LogP contribution is 2.36. The van der Waals surface area contributed by atoms with Crippen LogP contribution in [0.1, 0.15) is 24.2 Å². The van der Waals surface area contributed by atoms with Crippen LogP contribution in [0, 0.1) is 0 Å². The highest BCUT2D eigenvalue weighted by molar-refractivity contribution is 7.86. The number of nitrogens with zero attached hydrogens (tertiary/aromatic N) is 1. The molecule has 2 heterocycles. The van der Waals surface area contributed by atoms with Gasteiger partial charge in [0.15, 0.2) is 11.8 Å². The second-order valence-electron chi connectivity index (χ2n) is 7.20. The number of carbonyl (C=O) groups excluding carboxylic acids is 3. The van der Waals surface area contributed by atoms with Crippen molar-refractivity contribution in [1.82, 2.24) is 10.2 Å². The first-order valence-corrected chi connectivity index (χ1v) is 11.0. The van der Waals surface area contributed by atoms with Crippen LogP contribution >= 0.6 is 0 Å². The predicted molar refractivity (Wildman–Crippen MR) is 112 cm³/mol. The maximum atomic E-state index is 13.1. The van der Waals surface area contributed by atoms with Gasteiger partial charge in [0.05, 0.1) is 16.6 Å². The quantitative estimate of drug-likeness (QED) is 0.539. The number of nitrogens with one attached hydrogen (secondary N) is 1. The Morgan fingerprint density at radius 2 is 1.65 bits per heavy atom. The second-order valence-corrected chi connectivity index (χ2v) is 8.74. The number of carbonyl (C=O) groups is 3. The number of β-lactam (4-membered cyclic amide) rings is 1. The molecule has 2 N–H and O–H groups in total. The number of ether oxygens (including phenoxy) is 1. The van der Waals surface area contributed by atoms with Gasteiger partial charge in [-0.05, 0) is 11.1 Å². The zero-order valence-electron chi connectivity index (χ0n) is 16.6. The second kappa shape index (κ2) is 8.35. The molecule has 1 fully saturated rings. The summed E-state index contributed by atoms with van der Waals surface area (Å²) in [6, 6.07) is 17.1. The normalized spacial score (nSPS) is 22.6. The SMILES string of the molecule is CC(=O)NC1C(=O)N2C(C(=O)OC(c3ccccc3)c3ccccc3)=C(O)CS(=O)[C@@H]12. The van der Waals surface area contributed by atoms with Crippen LogP contribution in [0.4, 0.5) is 0 Å². The summed E-state index contributed by atoms with van der Waals surface area (Å²) in [5, 5.41) is 11.9. The minimum absolute atomic E-state index is 0.309. The molecule has 1 saturated heterocycles. The molecule has 2 amide bonds. The van der Waals surface area contributed by atoms with Crippen molar-refractivity contribution in [3.63, 3.8) is 0 Å². The molecule has 8 nitrogen and oxygen atoms in total. The highest BCUT2D eigenvalue weighted by atomic mass is 32.2. The smallest absolute Gasteiger partial charge is 0.359 e. The Morgan fingerprint density at radius 3 is 2.16 bits per heavy atom. The summed E-state index contributed by atoms with van der Waals surface area (Å²) >= 11 is 0. The largest absolute Gasteiger partial charge is 0.509 e. The van der Waals surface area contributed by atoms with Gasteiger partial charge in [-0.15, -0.1) is 0 Å². The van der Waals surface area contributed by atoms with Crippen LogP contribution in [0.3, 0.4) is 0 Å². The fraction of sp³-hybridized carbons (Fsp3) is 0.227. The van der Waals surface area contributed by atoms with Crippen molar-refractivity contribution in [2.24, 2.45) is 0 Å². The van der Waals surface area contributed by atoms with Crippen LogP contribution in [0.15, 0.2) is 72.1 Å². The molecule has 0 spiro atoms. The molecule has 0 saturated carbocycles. The molecule has 4 rings (SSSR count). The average molecular weight is 440 g/mol. The van der Waals surface area contributed by atoms with E-state index < -0.39 is 51.9 Å². The van der Waals surface area contributed by atoms with Crippen molar-refractivity contribution in [2.45, 2.75) is 24.4 Å². The number of esters is 1. The molecular formula is C22H20N2O6S.